The van der Waals surface area contributed by atoms with Crippen molar-refractivity contribution in [1.29, 1.82) is 0 Å². The lowest BCUT2D eigenvalue weighted by atomic mass is 9.72. The van der Waals surface area contributed by atoms with E-state index in [1.807, 2.05) is 54.6 Å². The quantitative estimate of drug-likeness (QED) is 0.232. The van der Waals surface area contributed by atoms with Crippen molar-refractivity contribution in [3.8, 4) is 44.1 Å². The van der Waals surface area contributed by atoms with Crippen LogP contribution in [0.1, 0.15) is 24.8 Å². The molecule has 1 saturated carbocycles. The molecule has 1 amide bonds. The van der Waals surface area contributed by atoms with Crippen LogP contribution in [0.4, 0.5) is 16.3 Å². The number of imidazole rings is 1. The maximum absolute atomic E-state index is 11.5. The minimum absolute atomic E-state index is 0.536. The molecule has 0 spiro atoms. The third kappa shape index (κ3) is 3.75. The molecule has 1 aliphatic heterocycles. The SMILES string of the molecule is COc1ncc(-c2nc3n(c2-c2ccc(C4(NC(=O)O)CCC4)cc2)-c2cccnc2Nc2ccccc2-3)s1. The van der Waals surface area contributed by atoms with Crippen LogP contribution in [-0.2, 0) is 5.54 Å². The van der Waals surface area contributed by atoms with Gasteiger partial charge >= 0.3 is 6.09 Å². The topological polar surface area (TPSA) is 114 Å². The molecule has 194 valence electrons. The number of thiazole rings is 1. The summed E-state index contributed by atoms with van der Waals surface area (Å²) in [5.41, 5.74) is 5.80. The predicted octanol–water partition coefficient (Wildman–Crippen LogP) is 6.44. The van der Waals surface area contributed by atoms with Gasteiger partial charge in [-0.2, -0.15) is 0 Å². The number of pyridine rings is 1. The monoisotopic (exact) mass is 536 g/mol. The molecule has 39 heavy (non-hydrogen) atoms. The van der Waals surface area contributed by atoms with Crippen molar-refractivity contribution >= 4 is 28.9 Å². The summed E-state index contributed by atoms with van der Waals surface area (Å²) in [6.07, 6.45) is 5.12. The summed E-state index contributed by atoms with van der Waals surface area (Å²) < 4.78 is 7.54. The largest absolute Gasteiger partial charge is 0.473 e. The molecule has 1 aliphatic carbocycles. The summed E-state index contributed by atoms with van der Waals surface area (Å²) in [6, 6.07) is 20.1. The highest BCUT2D eigenvalue weighted by Gasteiger charge is 2.40. The highest BCUT2D eigenvalue weighted by Crippen LogP contribution is 2.47. The van der Waals surface area contributed by atoms with Gasteiger partial charge in [-0.1, -0.05) is 47.7 Å². The molecule has 0 atom stereocenters. The second-order valence-corrected chi connectivity index (χ2v) is 10.6. The number of nitrogens with zero attached hydrogens (tertiary/aromatic N) is 4. The van der Waals surface area contributed by atoms with E-state index in [1.165, 1.54) is 11.3 Å². The highest BCUT2D eigenvalue weighted by molar-refractivity contribution is 7.16. The van der Waals surface area contributed by atoms with Crippen LogP contribution in [-0.4, -0.2) is 37.8 Å². The lowest BCUT2D eigenvalue weighted by Crippen LogP contribution is -2.50. The molecule has 1 fully saturated rings. The smallest absolute Gasteiger partial charge is 0.405 e. The summed E-state index contributed by atoms with van der Waals surface area (Å²) in [4.78, 5) is 26.7. The predicted molar refractivity (Wildman–Crippen MR) is 150 cm³/mol. The van der Waals surface area contributed by atoms with E-state index in [-0.39, 0.29) is 0 Å². The van der Waals surface area contributed by atoms with Gasteiger partial charge < -0.3 is 20.5 Å². The van der Waals surface area contributed by atoms with Gasteiger partial charge in [0.2, 0.25) is 0 Å². The van der Waals surface area contributed by atoms with Crippen molar-refractivity contribution in [3.63, 3.8) is 0 Å². The molecule has 0 radical (unpaired) electrons. The molecule has 10 heteroatoms. The van der Waals surface area contributed by atoms with Gasteiger partial charge in [0.25, 0.3) is 5.19 Å². The summed E-state index contributed by atoms with van der Waals surface area (Å²) >= 11 is 1.44. The zero-order chi connectivity index (χ0) is 26.6. The Balaban J connectivity index is 1.47. The van der Waals surface area contributed by atoms with Gasteiger partial charge in [-0.3, -0.25) is 4.57 Å². The van der Waals surface area contributed by atoms with Gasteiger partial charge in [0.1, 0.15) is 11.5 Å². The lowest BCUT2D eigenvalue weighted by molar-refractivity contribution is 0.144. The van der Waals surface area contributed by atoms with Gasteiger partial charge in [-0.25, -0.2) is 19.7 Å². The molecular weight excluding hydrogens is 512 g/mol. The van der Waals surface area contributed by atoms with Crippen molar-refractivity contribution < 1.29 is 14.6 Å². The van der Waals surface area contributed by atoms with Gasteiger partial charge in [0, 0.05) is 17.3 Å². The van der Waals surface area contributed by atoms with Crippen molar-refractivity contribution in [1.82, 2.24) is 24.8 Å². The third-order valence-electron chi connectivity index (χ3n) is 7.48. The maximum Gasteiger partial charge on any atom is 0.405 e. The van der Waals surface area contributed by atoms with Crippen LogP contribution in [0.15, 0.2) is 73.1 Å². The molecule has 0 saturated heterocycles. The number of rotatable bonds is 5. The standard InChI is InChI=1S/C29H24N6O3S/c1-38-28-31-16-22(39-28)23-24(17-9-11-18(12-10-17)29(13-5-14-29)34-27(36)37)35-21-8-4-15-30-25(21)32-20-7-3-2-6-19(20)26(35)33-23/h2-4,6-12,15-16,34H,5,13-14H2,1H3,(H,30,32)(H,36,37). The minimum Gasteiger partial charge on any atom is -0.473 e. The Morgan fingerprint density at radius 3 is 2.64 bits per heavy atom. The van der Waals surface area contributed by atoms with E-state index in [1.54, 1.807) is 19.5 Å². The van der Waals surface area contributed by atoms with Gasteiger partial charge in [0.05, 0.1) is 40.8 Å². The Bertz CT molecular complexity index is 1720. The fourth-order valence-corrected chi connectivity index (χ4v) is 6.21. The van der Waals surface area contributed by atoms with E-state index in [0.29, 0.717) is 5.19 Å². The van der Waals surface area contributed by atoms with E-state index in [2.05, 4.69) is 31.2 Å². The first-order chi connectivity index (χ1) is 19.1. The van der Waals surface area contributed by atoms with Gasteiger partial charge in [-0.15, -0.1) is 0 Å². The number of fused-ring (bicyclic) bond motifs is 5. The molecule has 4 heterocycles. The molecule has 9 nitrogen and oxygen atoms in total. The van der Waals surface area contributed by atoms with Crippen molar-refractivity contribution in [3.05, 3.63) is 78.6 Å². The number of ether oxygens (including phenoxy) is 1. The summed E-state index contributed by atoms with van der Waals surface area (Å²) in [6.45, 7) is 0. The molecule has 3 N–H and O–H groups in total. The molecule has 2 aromatic carbocycles. The number of carboxylic acid groups (broad SMARTS) is 1. The highest BCUT2D eigenvalue weighted by atomic mass is 32.1. The van der Waals surface area contributed by atoms with E-state index >= 15 is 0 Å². The summed E-state index contributed by atoms with van der Waals surface area (Å²) in [5, 5.41) is 16.2. The van der Waals surface area contributed by atoms with Crippen molar-refractivity contribution in [2.75, 3.05) is 12.4 Å². The second-order valence-electron chi connectivity index (χ2n) is 9.65. The van der Waals surface area contributed by atoms with Crippen molar-refractivity contribution in [2.45, 2.75) is 24.8 Å². The van der Waals surface area contributed by atoms with Crippen LogP contribution in [0.2, 0.25) is 0 Å². The van der Waals surface area contributed by atoms with Crippen LogP contribution in [0, 0.1) is 0 Å². The number of aromatic nitrogens is 4. The normalized spacial score (nSPS) is 14.6. The molecule has 2 aliphatic rings. The summed E-state index contributed by atoms with van der Waals surface area (Å²) in [7, 11) is 1.61. The Kier molecular flexibility index (Phi) is 5.38. The number of anilines is 2. The lowest BCUT2D eigenvalue weighted by Gasteiger charge is -2.42. The average molecular weight is 537 g/mol. The molecule has 3 aromatic heterocycles. The Labute approximate surface area is 228 Å². The van der Waals surface area contributed by atoms with E-state index in [9.17, 15) is 9.90 Å². The number of benzene rings is 2. The number of para-hydroxylation sites is 1. The fourth-order valence-electron chi connectivity index (χ4n) is 5.49. The number of hydrogen-bond acceptors (Lipinski definition) is 7. The van der Waals surface area contributed by atoms with Gasteiger partial charge in [0.15, 0.2) is 5.82 Å². The van der Waals surface area contributed by atoms with E-state index in [4.69, 9.17) is 9.72 Å². The third-order valence-corrected chi connectivity index (χ3v) is 8.45. The Morgan fingerprint density at radius 2 is 1.92 bits per heavy atom. The van der Waals surface area contributed by atoms with Crippen LogP contribution in [0.25, 0.3) is 38.9 Å². The first-order valence-corrected chi connectivity index (χ1v) is 13.4. The Morgan fingerprint density at radius 1 is 1.10 bits per heavy atom. The molecule has 0 bridgehead atoms. The maximum atomic E-state index is 11.5. The fraction of sp³-hybridized carbons (Fsp3) is 0.172. The van der Waals surface area contributed by atoms with Crippen LogP contribution >= 0.6 is 11.3 Å². The van der Waals surface area contributed by atoms with E-state index in [0.717, 1.165) is 75.2 Å². The van der Waals surface area contributed by atoms with Crippen LogP contribution < -0.4 is 15.4 Å². The number of carbonyl (C=O) groups is 1. The molecule has 7 rings (SSSR count). The number of methoxy groups -OCH3 is 1. The number of hydrogen-bond donors (Lipinski definition) is 3. The van der Waals surface area contributed by atoms with Gasteiger partial charge in [-0.05, 0) is 49.1 Å². The molecular formula is C29H24N6O3S. The Hall–Kier alpha value is -4.70. The zero-order valence-corrected chi connectivity index (χ0v) is 21.8. The van der Waals surface area contributed by atoms with Crippen LogP contribution in [0.5, 0.6) is 5.19 Å². The average Bonchev–Trinajstić information content (AvgIpc) is 3.54. The minimum atomic E-state index is -1.00. The molecule has 5 aromatic rings. The summed E-state index contributed by atoms with van der Waals surface area (Å²) in [5.74, 6) is 1.51. The first-order valence-electron chi connectivity index (χ1n) is 12.6. The number of nitrogens with one attached hydrogen (secondary N) is 2. The van der Waals surface area contributed by atoms with Crippen LogP contribution in [0.3, 0.4) is 0 Å². The number of amides is 1. The molecule has 0 unspecified atom stereocenters. The first kappa shape index (κ1) is 23.4. The van der Waals surface area contributed by atoms with Crippen molar-refractivity contribution in [2.24, 2.45) is 0 Å². The second kappa shape index (κ2) is 8.95. The zero-order valence-electron chi connectivity index (χ0n) is 21.0. The van der Waals surface area contributed by atoms with E-state index < -0.39 is 11.6 Å².